The van der Waals surface area contributed by atoms with E-state index in [1.54, 1.807) is 30.3 Å². The fourth-order valence-corrected chi connectivity index (χ4v) is 2.93. The van der Waals surface area contributed by atoms with E-state index in [2.05, 4.69) is 0 Å². The van der Waals surface area contributed by atoms with Gasteiger partial charge in [0, 0.05) is 18.3 Å². The molecule has 0 unspecified atom stereocenters. The second-order valence-electron chi connectivity index (χ2n) is 6.44. The van der Waals surface area contributed by atoms with E-state index in [0.29, 0.717) is 23.2 Å². The molecule has 1 amide bonds. The van der Waals surface area contributed by atoms with Gasteiger partial charge in [0.05, 0.1) is 5.39 Å². The van der Waals surface area contributed by atoms with E-state index in [9.17, 15) is 14.4 Å². The summed E-state index contributed by atoms with van der Waals surface area (Å²) in [5, 5.41) is 0.391. The Kier molecular flexibility index (Phi) is 5.59. The molecule has 1 atom stereocenters. The number of hydrogen-bond donors (Lipinski definition) is 0. The Morgan fingerprint density at radius 3 is 2.50 bits per heavy atom. The quantitative estimate of drug-likeness (QED) is 0.632. The van der Waals surface area contributed by atoms with Crippen molar-refractivity contribution in [3.63, 3.8) is 0 Å². The Labute approximate surface area is 162 Å². The second kappa shape index (κ2) is 8.08. The molecule has 144 valence electrons. The molecule has 3 aromatic rings. The molecular formula is C22H21NO5. The first-order valence-electron chi connectivity index (χ1n) is 9.02. The largest absolute Gasteiger partial charge is 0.449 e. The van der Waals surface area contributed by atoms with Crippen molar-refractivity contribution in [3.05, 3.63) is 76.1 Å². The van der Waals surface area contributed by atoms with E-state index in [-0.39, 0.29) is 17.1 Å². The molecule has 0 aliphatic rings. The molecule has 0 saturated carbocycles. The molecule has 3 rings (SSSR count). The summed E-state index contributed by atoms with van der Waals surface area (Å²) in [4.78, 5) is 39.0. The van der Waals surface area contributed by atoms with Crippen molar-refractivity contribution < 1.29 is 18.7 Å². The van der Waals surface area contributed by atoms with Gasteiger partial charge in [-0.2, -0.15) is 0 Å². The predicted octanol–water partition coefficient (Wildman–Crippen LogP) is 3.70. The number of fused-ring (bicyclic) bond motifs is 1. The van der Waals surface area contributed by atoms with Crippen molar-refractivity contribution in [2.45, 2.75) is 26.9 Å². The number of benzene rings is 2. The molecule has 6 nitrogen and oxygen atoms in total. The number of hydrogen-bond acceptors (Lipinski definition) is 5. The van der Waals surface area contributed by atoms with E-state index in [4.69, 9.17) is 9.15 Å². The van der Waals surface area contributed by atoms with E-state index >= 15 is 0 Å². The number of amides is 1. The Bertz CT molecular complexity index is 1070. The number of carbonyl (C=O) groups excluding carboxylic acids is 2. The summed E-state index contributed by atoms with van der Waals surface area (Å²) in [7, 11) is 0. The van der Waals surface area contributed by atoms with Gasteiger partial charge in [0.25, 0.3) is 5.91 Å². The summed E-state index contributed by atoms with van der Waals surface area (Å²) >= 11 is 0. The summed E-state index contributed by atoms with van der Waals surface area (Å²) in [6.45, 7) is 5.62. The number of likely N-dealkylation sites (N-methyl/N-ethyl adjacent to an activating group) is 1. The minimum Gasteiger partial charge on any atom is -0.449 e. The van der Waals surface area contributed by atoms with Crippen LogP contribution in [-0.4, -0.2) is 24.5 Å². The molecule has 2 aromatic carbocycles. The van der Waals surface area contributed by atoms with Crippen LogP contribution in [-0.2, 0) is 9.53 Å². The number of nitrogens with zero attached hydrogens (tertiary/aromatic N) is 1. The summed E-state index contributed by atoms with van der Waals surface area (Å²) in [6, 6.07) is 15.3. The highest BCUT2D eigenvalue weighted by Gasteiger charge is 2.26. The molecule has 0 aliphatic heterocycles. The molecule has 28 heavy (non-hydrogen) atoms. The van der Waals surface area contributed by atoms with Gasteiger partial charge in [-0.15, -0.1) is 0 Å². The number of ether oxygens (including phenoxy) is 1. The first-order valence-corrected chi connectivity index (χ1v) is 9.02. The maximum atomic E-state index is 12.7. The summed E-state index contributed by atoms with van der Waals surface area (Å²) < 4.78 is 10.8. The molecule has 0 fully saturated rings. The number of carbonyl (C=O) groups is 2. The highest BCUT2D eigenvalue weighted by Crippen LogP contribution is 2.17. The zero-order valence-electron chi connectivity index (χ0n) is 16.0. The summed E-state index contributed by atoms with van der Waals surface area (Å²) in [5.41, 5.74) is 1.58. The Hall–Kier alpha value is -3.41. The third-order valence-corrected chi connectivity index (χ3v) is 4.37. The van der Waals surface area contributed by atoms with Crippen LogP contribution in [0.5, 0.6) is 0 Å². The van der Waals surface area contributed by atoms with Crippen LogP contribution in [0.2, 0.25) is 0 Å². The van der Waals surface area contributed by atoms with Crippen LogP contribution in [0.25, 0.3) is 11.0 Å². The van der Waals surface area contributed by atoms with Crippen LogP contribution in [0, 0.1) is 6.92 Å². The average molecular weight is 379 g/mol. The smallest absolute Gasteiger partial charge is 0.375 e. The van der Waals surface area contributed by atoms with Crippen molar-refractivity contribution in [1.82, 2.24) is 0 Å². The minimum absolute atomic E-state index is 0.233. The van der Waals surface area contributed by atoms with Gasteiger partial charge >= 0.3 is 5.97 Å². The van der Waals surface area contributed by atoms with Gasteiger partial charge in [0.15, 0.2) is 11.5 Å². The van der Waals surface area contributed by atoms with E-state index in [1.807, 2.05) is 32.0 Å². The number of para-hydroxylation sites is 1. The van der Waals surface area contributed by atoms with Gasteiger partial charge in [0.1, 0.15) is 5.58 Å². The standard InChI is InChI=1S/C22H21NO5/c1-4-23(16-8-6-5-7-9-16)21(25)15(3)27-22(26)20-13-18(24)17-12-14(2)10-11-19(17)28-20/h5-13,15H,4H2,1-3H3/t15-/m1/s1. The summed E-state index contributed by atoms with van der Waals surface area (Å²) in [6.07, 6.45) is -1.04. The maximum absolute atomic E-state index is 12.7. The van der Waals surface area contributed by atoms with Crippen molar-refractivity contribution in [2.24, 2.45) is 0 Å². The van der Waals surface area contributed by atoms with Crippen LogP contribution in [0.1, 0.15) is 30.0 Å². The topological polar surface area (TPSA) is 76.8 Å². The molecule has 6 heteroatoms. The van der Waals surface area contributed by atoms with E-state index in [1.165, 1.54) is 11.8 Å². The molecule has 1 heterocycles. The highest BCUT2D eigenvalue weighted by atomic mass is 16.6. The number of anilines is 1. The van der Waals surface area contributed by atoms with Crippen molar-refractivity contribution in [1.29, 1.82) is 0 Å². The monoisotopic (exact) mass is 379 g/mol. The fraction of sp³-hybridized carbons (Fsp3) is 0.227. The van der Waals surface area contributed by atoms with Crippen LogP contribution in [0.15, 0.2) is 63.8 Å². The zero-order valence-corrected chi connectivity index (χ0v) is 16.0. The molecule has 0 N–H and O–H groups in total. The van der Waals surface area contributed by atoms with Crippen LogP contribution in [0.4, 0.5) is 5.69 Å². The highest BCUT2D eigenvalue weighted by molar-refractivity contribution is 5.98. The Morgan fingerprint density at radius 1 is 1.11 bits per heavy atom. The molecule has 0 aliphatic carbocycles. The van der Waals surface area contributed by atoms with Crippen molar-refractivity contribution in [2.75, 3.05) is 11.4 Å². The van der Waals surface area contributed by atoms with Gasteiger partial charge in [-0.1, -0.05) is 29.8 Å². The molecule has 1 aromatic heterocycles. The predicted molar refractivity (Wildman–Crippen MR) is 107 cm³/mol. The van der Waals surface area contributed by atoms with E-state index < -0.39 is 12.1 Å². The average Bonchev–Trinajstić information content (AvgIpc) is 2.69. The normalized spacial score (nSPS) is 11.8. The lowest BCUT2D eigenvalue weighted by Gasteiger charge is -2.24. The van der Waals surface area contributed by atoms with Gasteiger partial charge in [-0.3, -0.25) is 9.59 Å². The van der Waals surface area contributed by atoms with Crippen LogP contribution < -0.4 is 10.3 Å². The zero-order chi connectivity index (χ0) is 20.3. The van der Waals surface area contributed by atoms with Crippen LogP contribution in [0.3, 0.4) is 0 Å². The molecule has 0 spiro atoms. The number of esters is 1. The van der Waals surface area contributed by atoms with Crippen molar-refractivity contribution >= 4 is 28.5 Å². The number of aryl methyl sites for hydroxylation is 1. The number of rotatable bonds is 5. The molecule has 0 radical (unpaired) electrons. The second-order valence-corrected chi connectivity index (χ2v) is 6.44. The maximum Gasteiger partial charge on any atom is 0.375 e. The lowest BCUT2D eigenvalue weighted by molar-refractivity contribution is -0.126. The van der Waals surface area contributed by atoms with E-state index in [0.717, 1.165) is 11.6 Å². The van der Waals surface area contributed by atoms with Gasteiger partial charge in [-0.05, 0) is 45.0 Å². The van der Waals surface area contributed by atoms with Gasteiger partial charge in [0.2, 0.25) is 5.76 Å². The SMILES string of the molecule is CCN(C(=O)[C@@H](C)OC(=O)c1cc(=O)c2cc(C)ccc2o1)c1ccccc1. The van der Waals surface area contributed by atoms with Crippen LogP contribution >= 0.6 is 0 Å². The third-order valence-electron chi connectivity index (χ3n) is 4.37. The Balaban J connectivity index is 1.80. The van der Waals surface area contributed by atoms with Gasteiger partial charge < -0.3 is 14.1 Å². The lowest BCUT2D eigenvalue weighted by atomic mass is 10.1. The lowest BCUT2D eigenvalue weighted by Crippen LogP contribution is -2.40. The molecule has 0 saturated heterocycles. The first-order chi connectivity index (χ1) is 13.4. The van der Waals surface area contributed by atoms with Crippen molar-refractivity contribution in [3.8, 4) is 0 Å². The fourth-order valence-electron chi connectivity index (χ4n) is 2.93. The summed E-state index contributed by atoms with van der Waals surface area (Å²) in [5.74, 6) is -1.45. The van der Waals surface area contributed by atoms with Gasteiger partial charge in [-0.25, -0.2) is 4.79 Å². The Morgan fingerprint density at radius 2 is 1.82 bits per heavy atom. The first kappa shape index (κ1) is 19.4. The third kappa shape index (κ3) is 3.96. The minimum atomic E-state index is -1.04. The molecule has 0 bridgehead atoms. The molecular weight excluding hydrogens is 358 g/mol.